The summed E-state index contributed by atoms with van der Waals surface area (Å²) in [6, 6.07) is 9.21. The number of amides is 1. The summed E-state index contributed by atoms with van der Waals surface area (Å²) < 4.78 is 11.1. The van der Waals surface area contributed by atoms with Crippen LogP contribution in [0.5, 0.6) is 11.5 Å². The number of hydrogen-bond acceptors (Lipinski definition) is 5. The van der Waals surface area contributed by atoms with Crippen LogP contribution in [-0.2, 0) is 0 Å². The van der Waals surface area contributed by atoms with Crippen molar-refractivity contribution in [2.45, 2.75) is 26.2 Å². The number of aromatic nitrogens is 1. The Balaban J connectivity index is 1.58. The van der Waals surface area contributed by atoms with E-state index in [0.717, 1.165) is 36.4 Å². The minimum atomic E-state index is -0.0884. The first-order valence-corrected chi connectivity index (χ1v) is 8.67. The molecule has 0 fully saturated rings. The molecule has 25 heavy (non-hydrogen) atoms. The first kappa shape index (κ1) is 17.1. The van der Waals surface area contributed by atoms with Gasteiger partial charge in [0, 0.05) is 24.5 Å². The highest BCUT2D eigenvalue weighted by atomic mass is 16.6. The summed E-state index contributed by atoms with van der Waals surface area (Å²) in [5.74, 6) is 2.05. The number of anilines is 2. The monoisotopic (exact) mass is 341 g/mol. The van der Waals surface area contributed by atoms with Gasteiger partial charge in [-0.3, -0.25) is 4.79 Å². The Morgan fingerprint density at radius 2 is 1.96 bits per heavy atom. The van der Waals surface area contributed by atoms with Gasteiger partial charge in [0.25, 0.3) is 5.91 Å². The van der Waals surface area contributed by atoms with Crippen LogP contribution < -0.4 is 20.1 Å². The van der Waals surface area contributed by atoms with Crippen LogP contribution in [0.1, 0.15) is 36.5 Å². The van der Waals surface area contributed by atoms with E-state index < -0.39 is 0 Å². The molecule has 2 N–H and O–H groups in total. The molecule has 6 heteroatoms. The molecule has 3 rings (SSSR count). The summed E-state index contributed by atoms with van der Waals surface area (Å²) in [6.45, 7) is 3.96. The maximum Gasteiger partial charge on any atom is 0.252 e. The number of nitrogens with zero attached hydrogens (tertiary/aromatic N) is 1. The third kappa shape index (κ3) is 4.62. The van der Waals surface area contributed by atoms with Gasteiger partial charge in [0.1, 0.15) is 19.0 Å². The Morgan fingerprint density at radius 3 is 2.72 bits per heavy atom. The first-order chi connectivity index (χ1) is 12.3. The second-order valence-corrected chi connectivity index (χ2v) is 5.88. The van der Waals surface area contributed by atoms with E-state index >= 15 is 0 Å². The van der Waals surface area contributed by atoms with Gasteiger partial charge >= 0.3 is 0 Å². The molecule has 2 heterocycles. The lowest BCUT2D eigenvalue weighted by molar-refractivity contribution is 0.0952. The second-order valence-electron chi connectivity index (χ2n) is 5.88. The highest BCUT2D eigenvalue weighted by molar-refractivity contribution is 5.94. The average molecular weight is 341 g/mol. The van der Waals surface area contributed by atoms with Crippen molar-refractivity contribution in [3.63, 3.8) is 0 Å². The van der Waals surface area contributed by atoms with Crippen LogP contribution in [0.3, 0.4) is 0 Å². The van der Waals surface area contributed by atoms with Crippen molar-refractivity contribution < 1.29 is 14.3 Å². The molecule has 132 valence electrons. The second kappa shape index (κ2) is 8.37. The van der Waals surface area contributed by atoms with Crippen molar-refractivity contribution in [3.8, 4) is 11.5 Å². The largest absolute Gasteiger partial charge is 0.486 e. The van der Waals surface area contributed by atoms with Crippen LogP contribution >= 0.6 is 0 Å². The Hall–Kier alpha value is -2.76. The Kier molecular flexibility index (Phi) is 5.72. The third-order valence-electron chi connectivity index (χ3n) is 3.91. The number of unbranched alkanes of at least 4 members (excludes halogenated alkanes) is 2. The number of rotatable bonds is 7. The minimum Gasteiger partial charge on any atom is -0.486 e. The van der Waals surface area contributed by atoms with Gasteiger partial charge in [-0.25, -0.2) is 4.98 Å². The van der Waals surface area contributed by atoms with E-state index in [4.69, 9.17) is 9.47 Å². The zero-order valence-electron chi connectivity index (χ0n) is 14.4. The lowest BCUT2D eigenvalue weighted by Gasteiger charge is -2.19. The van der Waals surface area contributed by atoms with Gasteiger partial charge in [-0.2, -0.15) is 0 Å². The van der Waals surface area contributed by atoms with Gasteiger partial charge in [0.2, 0.25) is 0 Å². The molecule has 2 aromatic rings. The normalized spacial score (nSPS) is 12.5. The van der Waals surface area contributed by atoms with E-state index in [9.17, 15) is 4.79 Å². The smallest absolute Gasteiger partial charge is 0.252 e. The quantitative estimate of drug-likeness (QED) is 0.754. The molecule has 0 radical (unpaired) electrons. The molecule has 0 saturated carbocycles. The van der Waals surface area contributed by atoms with Gasteiger partial charge < -0.3 is 20.1 Å². The Bertz CT molecular complexity index is 716. The molecule has 1 aromatic carbocycles. The highest BCUT2D eigenvalue weighted by Crippen LogP contribution is 2.33. The minimum absolute atomic E-state index is 0.0884. The zero-order chi connectivity index (χ0) is 17.5. The van der Waals surface area contributed by atoms with Gasteiger partial charge in [0.15, 0.2) is 11.5 Å². The highest BCUT2D eigenvalue weighted by Gasteiger charge is 2.12. The molecular formula is C19H23N3O3. The molecule has 0 saturated heterocycles. The van der Waals surface area contributed by atoms with Gasteiger partial charge in [-0.15, -0.1) is 0 Å². The van der Waals surface area contributed by atoms with Crippen LogP contribution in [0.25, 0.3) is 0 Å². The summed E-state index contributed by atoms with van der Waals surface area (Å²) >= 11 is 0. The third-order valence-corrected chi connectivity index (χ3v) is 3.91. The molecule has 0 atom stereocenters. The molecule has 0 aliphatic carbocycles. The summed E-state index contributed by atoms with van der Waals surface area (Å²) in [4.78, 5) is 16.3. The summed E-state index contributed by atoms with van der Waals surface area (Å²) in [5.41, 5.74) is 1.41. The maximum absolute atomic E-state index is 12.0. The van der Waals surface area contributed by atoms with Crippen molar-refractivity contribution >= 4 is 17.4 Å². The van der Waals surface area contributed by atoms with Crippen molar-refractivity contribution in [1.82, 2.24) is 10.3 Å². The van der Waals surface area contributed by atoms with Crippen molar-refractivity contribution in [2.75, 3.05) is 25.1 Å². The molecule has 0 unspecified atom stereocenters. The van der Waals surface area contributed by atoms with E-state index in [-0.39, 0.29) is 5.91 Å². The molecule has 1 aliphatic rings. The van der Waals surface area contributed by atoms with Crippen LogP contribution in [0, 0.1) is 0 Å². The molecule has 0 bridgehead atoms. The fourth-order valence-electron chi connectivity index (χ4n) is 2.55. The van der Waals surface area contributed by atoms with Crippen molar-refractivity contribution in [1.29, 1.82) is 0 Å². The van der Waals surface area contributed by atoms with Gasteiger partial charge in [-0.05, 0) is 30.7 Å². The van der Waals surface area contributed by atoms with E-state index in [0.29, 0.717) is 31.1 Å². The molecule has 6 nitrogen and oxygen atoms in total. The number of fused-ring (bicyclic) bond motifs is 1. The number of carbonyl (C=O) groups excluding carboxylic acids is 1. The van der Waals surface area contributed by atoms with Crippen LogP contribution in [0.15, 0.2) is 36.5 Å². The maximum atomic E-state index is 12.0. The fraction of sp³-hybridized carbons (Fsp3) is 0.368. The topological polar surface area (TPSA) is 72.5 Å². The number of benzene rings is 1. The summed E-state index contributed by atoms with van der Waals surface area (Å²) in [7, 11) is 0. The lowest BCUT2D eigenvalue weighted by atomic mass is 10.2. The predicted molar refractivity (Wildman–Crippen MR) is 96.8 cm³/mol. The molecular weight excluding hydrogens is 318 g/mol. The standard InChI is InChI=1S/C19H23N3O3/c1-2-3-4-9-20-19(23)14-5-8-18(21-13-14)22-15-6-7-16-17(12-15)25-11-10-24-16/h5-8,12-13H,2-4,9-11H2,1H3,(H,20,23)(H,21,22). The number of nitrogens with one attached hydrogen (secondary N) is 2. The van der Waals surface area contributed by atoms with E-state index in [1.807, 2.05) is 18.2 Å². The van der Waals surface area contributed by atoms with Gasteiger partial charge in [0.05, 0.1) is 5.56 Å². The predicted octanol–water partition coefficient (Wildman–Crippen LogP) is 3.52. The Morgan fingerprint density at radius 1 is 1.12 bits per heavy atom. The molecule has 1 amide bonds. The van der Waals surface area contributed by atoms with Gasteiger partial charge in [-0.1, -0.05) is 19.8 Å². The average Bonchev–Trinajstić information content (AvgIpc) is 2.65. The number of carbonyl (C=O) groups is 1. The van der Waals surface area contributed by atoms with E-state index in [1.165, 1.54) is 0 Å². The van der Waals surface area contributed by atoms with Crippen LogP contribution in [-0.4, -0.2) is 30.6 Å². The van der Waals surface area contributed by atoms with Crippen LogP contribution in [0.2, 0.25) is 0 Å². The zero-order valence-corrected chi connectivity index (χ0v) is 14.4. The number of pyridine rings is 1. The lowest BCUT2D eigenvalue weighted by Crippen LogP contribution is -2.24. The number of hydrogen-bond donors (Lipinski definition) is 2. The van der Waals surface area contributed by atoms with Crippen molar-refractivity contribution in [3.05, 3.63) is 42.1 Å². The van der Waals surface area contributed by atoms with E-state index in [1.54, 1.807) is 18.3 Å². The first-order valence-electron chi connectivity index (χ1n) is 8.67. The Labute approximate surface area is 147 Å². The molecule has 1 aromatic heterocycles. The summed E-state index contributed by atoms with van der Waals surface area (Å²) in [5, 5.41) is 6.11. The molecule has 1 aliphatic heterocycles. The number of ether oxygens (including phenoxy) is 2. The van der Waals surface area contributed by atoms with E-state index in [2.05, 4.69) is 22.5 Å². The molecule has 0 spiro atoms. The van der Waals surface area contributed by atoms with Crippen LogP contribution in [0.4, 0.5) is 11.5 Å². The summed E-state index contributed by atoms with van der Waals surface area (Å²) in [6.07, 6.45) is 4.84. The van der Waals surface area contributed by atoms with Crippen molar-refractivity contribution in [2.24, 2.45) is 0 Å². The fourth-order valence-corrected chi connectivity index (χ4v) is 2.55. The SMILES string of the molecule is CCCCCNC(=O)c1ccc(Nc2ccc3c(c2)OCCO3)nc1.